The molecule has 1 aliphatic carbocycles. The van der Waals surface area contributed by atoms with E-state index < -0.39 is 45.3 Å². The van der Waals surface area contributed by atoms with Gasteiger partial charge in [-0.25, -0.2) is 18.7 Å². The Morgan fingerprint density at radius 3 is 2.34 bits per heavy atom. The van der Waals surface area contributed by atoms with Crippen LogP contribution in [0.3, 0.4) is 0 Å². The van der Waals surface area contributed by atoms with E-state index in [2.05, 4.69) is 0 Å². The summed E-state index contributed by atoms with van der Waals surface area (Å²) in [7, 11) is -3.92. The van der Waals surface area contributed by atoms with Crippen molar-refractivity contribution >= 4 is 21.9 Å². The lowest BCUT2D eigenvalue weighted by atomic mass is 9.87. The minimum atomic E-state index is -3.92. The van der Waals surface area contributed by atoms with Crippen molar-refractivity contribution in [2.45, 2.75) is 43.5 Å². The van der Waals surface area contributed by atoms with Crippen LogP contribution in [0.1, 0.15) is 24.0 Å². The molecule has 1 heterocycles. The van der Waals surface area contributed by atoms with E-state index in [4.69, 9.17) is 14.2 Å². The van der Waals surface area contributed by atoms with Crippen LogP contribution >= 0.6 is 0 Å². The number of hydrogen-bond acceptors (Lipinski definition) is 8. The zero-order valence-electron chi connectivity index (χ0n) is 17.3. The average Bonchev–Trinajstić information content (AvgIpc) is 3.26. The van der Waals surface area contributed by atoms with Gasteiger partial charge >= 0.3 is 6.16 Å². The van der Waals surface area contributed by atoms with Crippen molar-refractivity contribution in [1.82, 2.24) is 5.48 Å². The summed E-state index contributed by atoms with van der Waals surface area (Å²) in [4.78, 5) is 23.7. The van der Waals surface area contributed by atoms with Crippen molar-refractivity contribution in [2.75, 3.05) is 5.75 Å². The molecule has 0 spiro atoms. The molecule has 1 amide bonds. The van der Waals surface area contributed by atoms with E-state index in [-0.39, 0.29) is 17.7 Å². The minimum Gasteiger partial charge on any atom is -0.489 e. The van der Waals surface area contributed by atoms with Crippen LogP contribution in [0.5, 0.6) is 5.75 Å². The van der Waals surface area contributed by atoms with E-state index in [0.717, 1.165) is 11.1 Å². The summed E-state index contributed by atoms with van der Waals surface area (Å²) in [5.41, 5.74) is 2.18. The molecule has 0 bridgehead atoms. The van der Waals surface area contributed by atoms with Crippen molar-refractivity contribution < 1.29 is 37.4 Å². The Kier molecular flexibility index (Phi) is 5.83. The Balaban J connectivity index is 1.48. The Hall–Kier alpha value is -3.11. The molecule has 2 unspecified atom stereocenters. The first-order chi connectivity index (χ1) is 15.2. The number of carbonyl (C=O) groups is 2. The fourth-order valence-electron chi connectivity index (χ4n) is 4.24. The van der Waals surface area contributed by atoms with Crippen molar-refractivity contribution in [3.63, 3.8) is 0 Å². The second-order valence-electron chi connectivity index (χ2n) is 8.14. The van der Waals surface area contributed by atoms with Crippen LogP contribution in [-0.2, 0) is 30.7 Å². The molecule has 1 saturated heterocycles. The standard InChI is InChI=1S/C22H23NO8S/c1-14-4-2-3-5-15(14)12-29-16-6-8-17(9-7-16)32(27,28)13-22(20(24)23-26)10-18-19(11-22)31-21(25)30-18/h2-9,18-19,26H,10-13H2,1H3,(H,23,24). The molecule has 4 rings (SSSR count). The zero-order valence-corrected chi connectivity index (χ0v) is 18.1. The zero-order chi connectivity index (χ0) is 22.9. The quantitative estimate of drug-likeness (QED) is 0.366. The number of fused-ring (bicyclic) bond motifs is 1. The molecule has 2 aromatic carbocycles. The summed E-state index contributed by atoms with van der Waals surface area (Å²) in [6.07, 6.45) is -2.43. The van der Waals surface area contributed by atoms with Gasteiger partial charge in [-0.3, -0.25) is 10.0 Å². The number of aryl methyl sites for hydroxylation is 1. The lowest BCUT2D eigenvalue weighted by molar-refractivity contribution is -0.139. The molecule has 2 fully saturated rings. The van der Waals surface area contributed by atoms with Gasteiger partial charge in [-0.2, -0.15) is 0 Å². The third kappa shape index (κ3) is 4.28. The molecule has 2 aliphatic rings. The van der Waals surface area contributed by atoms with Crippen LogP contribution in [-0.4, -0.2) is 43.6 Å². The molecule has 0 aromatic heterocycles. The molecule has 2 N–H and O–H groups in total. The Labute approximate surface area is 185 Å². The largest absolute Gasteiger partial charge is 0.509 e. The monoisotopic (exact) mass is 461 g/mol. The van der Waals surface area contributed by atoms with Gasteiger partial charge in [0.15, 0.2) is 9.84 Å². The van der Waals surface area contributed by atoms with Gasteiger partial charge in [0.2, 0.25) is 0 Å². The number of nitrogens with one attached hydrogen (secondary N) is 1. The van der Waals surface area contributed by atoms with E-state index in [1.54, 1.807) is 17.6 Å². The Morgan fingerprint density at radius 2 is 1.75 bits per heavy atom. The number of hydrogen-bond donors (Lipinski definition) is 2. The molecule has 32 heavy (non-hydrogen) atoms. The van der Waals surface area contributed by atoms with Crippen LogP contribution < -0.4 is 10.2 Å². The average molecular weight is 461 g/mol. The van der Waals surface area contributed by atoms with Crippen LogP contribution in [0.25, 0.3) is 0 Å². The number of hydroxylamine groups is 1. The number of ether oxygens (including phenoxy) is 3. The maximum atomic E-state index is 13.1. The number of carbonyl (C=O) groups excluding carboxylic acids is 2. The molecule has 2 atom stereocenters. The summed E-state index contributed by atoms with van der Waals surface area (Å²) >= 11 is 0. The van der Waals surface area contributed by atoms with Crippen molar-refractivity contribution in [1.29, 1.82) is 0 Å². The maximum Gasteiger partial charge on any atom is 0.509 e. The van der Waals surface area contributed by atoms with E-state index in [1.165, 1.54) is 12.1 Å². The second kappa shape index (κ2) is 8.44. The highest BCUT2D eigenvalue weighted by Gasteiger charge is 2.58. The number of sulfone groups is 1. The summed E-state index contributed by atoms with van der Waals surface area (Å²) in [6.45, 7) is 2.33. The molecule has 170 valence electrons. The lowest BCUT2D eigenvalue weighted by Crippen LogP contribution is -2.43. The smallest absolute Gasteiger partial charge is 0.489 e. The van der Waals surface area contributed by atoms with Crippen LogP contribution in [0.15, 0.2) is 53.4 Å². The Bertz CT molecular complexity index is 1110. The van der Waals surface area contributed by atoms with Gasteiger partial charge in [0, 0.05) is 12.8 Å². The van der Waals surface area contributed by atoms with Crippen LogP contribution in [0.2, 0.25) is 0 Å². The van der Waals surface area contributed by atoms with Gasteiger partial charge in [-0.15, -0.1) is 0 Å². The van der Waals surface area contributed by atoms with Gasteiger partial charge < -0.3 is 14.2 Å². The predicted octanol–water partition coefficient (Wildman–Crippen LogP) is 2.54. The first-order valence-corrected chi connectivity index (χ1v) is 11.7. The molecule has 2 aromatic rings. The van der Waals surface area contributed by atoms with Gasteiger partial charge in [-0.05, 0) is 42.3 Å². The predicted molar refractivity (Wildman–Crippen MR) is 111 cm³/mol. The summed E-state index contributed by atoms with van der Waals surface area (Å²) in [6, 6.07) is 13.7. The summed E-state index contributed by atoms with van der Waals surface area (Å²) in [5, 5.41) is 9.19. The van der Waals surface area contributed by atoms with Crippen LogP contribution in [0, 0.1) is 12.3 Å². The number of benzene rings is 2. The summed E-state index contributed by atoms with van der Waals surface area (Å²) in [5.74, 6) is -0.914. The Morgan fingerprint density at radius 1 is 1.12 bits per heavy atom. The molecular weight excluding hydrogens is 438 g/mol. The topological polar surface area (TPSA) is 128 Å². The first-order valence-electron chi connectivity index (χ1n) is 10.0. The fraction of sp³-hybridized carbons (Fsp3) is 0.364. The molecule has 10 heteroatoms. The molecule has 1 saturated carbocycles. The van der Waals surface area contributed by atoms with E-state index >= 15 is 0 Å². The van der Waals surface area contributed by atoms with E-state index in [0.29, 0.717) is 12.4 Å². The molecule has 1 aliphatic heterocycles. The minimum absolute atomic E-state index is 0.0147. The van der Waals surface area contributed by atoms with Crippen LogP contribution in [0.4, 0.5) is 4.79 Å². The first kappa shape index (κ1) is 22.1. The highest BCUT2D eigenvalue weighted by molar-refractivity contribution is 7.91. The van der Waals surface area contributed by atoms with Gasteiger partial charge in [0.25, 0.3) is 5.91 Å². The van der Waals surface area contributed by atoms with Gasteiger partial charge in [-0.1, -0.05) is 24.3 Å². The van der Waals surface area contributed by atoms with Gasteiger partial charge in [0.1, 0.15) is 24.6 Å². The molecule has 0 radical (unpaired) electrons. The van der Waals surface area contributed by atoms with E-state index in [9.17, 15) is 23.2 Å². The third-order valence-corrected chi connectivity index (χ3v) is 7.90. The van der Waals surface area contributed by atoms with Gasteiger partial charge in [0.05, 0.1) is 16.1 Å². The third-order valence-electron chi connectivity index (χ3n) is 5.98. The molecule has 9 nitrogen and oxygen atoms in total. The number of amides is 1. The fourth-order valence-corrected chi connectivity index (χ4v) is 6.05. The maximum absolute atomic E-state index is 13.1. The lowest BCUT2D eigenvalue weighted by Gasteiger charge is -2.26. The summed E-state index contributed by atoms with van der Waals surface area (Å²) < 4.78 is 41.9. The molecular formula is C22H23NO8S. The van der Waals surface area contributed by atoms with Crippen molar-refractivity contribution in [3.8, 4) is 5.75 Å². The van der Waals surface area contributed by atoms with Crippen molar-refractivity contribution in [2.24, 2.45) is 5.41 Å². The van der Waals surface area contributed by atoms with E-state index in [1.807, 2.05) is 31.2 Å². The SMILES string of the molecule is Cc1ccccc1COc1ccc(S(=O)(=O)CC2(C(=O)NO)CC3OC(=O)OC3C2)cc1. The van der Waals surface area contributed by atoms with Crippen molar-refractivity contribution in [3.05, 3.63) is 59.7 Å². The highest BCUT2D eigenvalue weighted by Crippen LogP contribution is 2.46. The highest BCUT2D eigenvalue weighted by atomic mass is 32.2. The second-order valence-corrected chi connectivity index (χ2v) is 10.1. The number of rotatable bonds is 7. The normalized spacial score (nSPS) is 24.4.